The molecule has 0 aliphatic carbocycles. The van der Waals surface area contributed by atoms with Crippen LogP contribution in [-0.2, 0) is 9.47 Å². The Bertz CT molecular complexity index is 595. The number of methoxy groups -OCH3 is 1. The van der Waals surface area contributed by atoms with Gasteiger partial charge in [0, 0.05) is 6.61 Å². The second kappa shape index (κ2) is 8.70. The molecule has 0 aromatic heterocycles. The first-order valence-electron chi connectivity index (χ1n) is 8.02. The number of allylic oxidation sites excluding steroid dienone is 1. The van der Waals surface area contributed by atoms with E-state index in [0.717, 1.165) is 0 Å². The summed E-state index contributed by atoms with van der Waals surface area (Å²) >= 11 is 0. The van der Waals surface area contributed by atoms with Crippen LogP contribution < -0.4 is 10.1 Å². The number of benzene rings is 1. The minimum Gasteiger partial charge on any atom is -0.504 e. The van der Waals surface area contributed by atoms with E-state index in [1.807, 2.05) is 19.9 Å². The highest BCUT2D eigenvalue weighted by atomic mass is 16.5. The van der Waals surface area contributed by atoms with E-state index in [1.54, 1.807) is 18.2 Å². The molecule has 2 N–H and O–H groups in total. The molecule has 0 bridgehead atoms. The van der Waals surface area contributed by atoms with Crippen molar-refractivity contribution in [3.05, 3.63) is 35.4 Å². The first-order chi connectivity index (χ1) is 11.5. The average molecular weight is 335 g/mol. The molecule has 0 unspecified atom stereocenters. The van der Waals surface area contributed by atoms with Crippen molar-refractivity contribution in [2.75, 3.05) is 26.9 Å². The number of phenols is 1. The second-order valence-electron chi connectivity index (χ2n) is 5.95. The summed E-state index contributed by atoms with van der Waals surface area (Å²) in [6.45, 7) is 5.52. The van der Waals surface area contributed by atoms with Gasteiger partial charge in [-0.15, -0.1) is 0 Å². The fourth-order valence-electron chi connectivity index (χ4n) is 2.51. The van der Waals surface area contributed by atoms with Crippen LogP contribution in [0.2, 0.25) is 0 Å². The maximum absolute atomic E-state index is 12.5. The van der Waals surface area contributed by atoms with Gasteiger partial charge in [0.05, 0.1) is 38.0 Å². The number of aromatic hydroxyl groups is 1. The Hall–Kier alpha value is -2.05. The number of para-hydroxylation sites is 1. The molecule has 0 saturated carbocycles. The zero-order valence-electron chi connectivity index (χ0n) is 14.4. The Morgan fingerprint density at radius 2 is 2.25 bits per heavy atom. The minimum absolute atomic E-state index is 0.119. The Kier molecular flexibility index (Phi) is 6.63. The van der Waals surface area contributed by atoms with Gasteiger partial charge in [0.2, 0.25) is 0 Å². The molecule has 1 heterocycles. The quantitative estimate of drug-likeness (QED) is 0.780. The van der Waals surface area contributed by atoms with Crippen LogP contribution in [0.5, 0.6) is 11.5 Å². The SMILES string of the molecule is COc1cccc(C(=O)N[C@H]2COCC[C@H]2OCC=C(C)C)c1O. The van der Waals surface area contributed by atoms with Gasteiger partial charge in [0.1, 0.15) is 0 Å². The number of carbonyl (C=O) groups excluding carboxylic acids is 1. The van der Waals surface area contributed by atoms with Gasteiger partial charge in [-0.1, -0.05) is 17.7 Å². The Morgan fingerprint density at radius 1 is 1.46 bits per heavy atom. The van der Waals surface area contributed by atoms with E-state index in [9.17, 15) is 9.90 Å². The van der Waals surface area contributed by atoms with Crippen molar-refractivity contribution in [2.45, 2.75) is 32.4 Å². The van der Waals surface area contributed by atoms with Crippen molar-refractivity contribution in [1.29, 1.82) is 0 Å². The molecule has 1 fully saturated rings. The van der Waals surface area contributed by atoms with Crippen LogP contribution in [0.15, 0.2) is 29.8 Å². The lowest BCUT2D eigenvalue weighted by Crippen LogP contribution is -2.50. The van der Waals surface area contributed by atoms with Gasteiger partial charge in [-0.25, -0.2) is 0 Å². The number of rotatable bonds is 6. The summed E-state index contributed by atoms with van der Waals surface area (Å²) in [5.41, 5.74) is 1.35. The largest absolute Gasteiger partial charge is 0.504 e. The standard InChI is InChI=1S/C18H25NO5/c1-12(2)7-10-24-15-8-9-23-11-14(15)19-18(21)13-5-4-6-16(22-3)17(13)20/h4-7,14-15,20H,8-11H2,1-3H3,(H,19,21)/t14-,15+/m0/s1. The summed E-state index contributed by atoms with van der Waals surface area (Å²) in [5.74, 6) is -0.284. The Labute approximate surface area is 142 Å². The molecule has 132 valence electrons. The molecule has 6 nitrogen and oxygen atoms in total. The van der Waals surface area contributed by atoms with E-state index in [4.69, 9.17) is 14.2 Å². The highest BCUT2D eigenvalue weighted by molar-refractivity contribution is 5.97. The number of hydrogen-bond donors (Lipinski definition) is 2. The minimum atomic E-state index is -0.377. The topological polar surface area (TPSA) is 77.0 Å². The van der Waals surface area contributed by atoms with E-state index < -0.39 is 0 Å². The van der Waals surface area contributed by atoms with Gasteiger partial charge in [-0.2, -0.15) is 0 Å². The predicted octanol–water partition coefficient (Wildman–Crippen LogP) is 2.27. The monoisotopic (exact) mass is 335 g/mol. The van der Waals surface area contributed by atoms with Crippen molar-refractivity contribution in [3.8, 4) is 11.5 Å². The van der Waals surface area contributed by atoms with E-state index in [1.165, 1.54) is 12.7 Å². The zero-order valence-corrected chi connectivity index (χ0v) is 14.4. The number of amides is 1. The smallest absolute Gasteiger partial charge is 0.255 e. The van der Waals surface area contributed by atoms with E-state index in [0.29, 0.717) is 26.2 Å². The second-order valence-corrected chi connectivity index (χ2v) is 5.95. The number of ether oxygens (including phenoxy) is 3. The lowest BCUT2D eigenvalue weighted by molar-refractivity contribution is -0.0457. The molecule has 1 aromatic rings. The molecule has 1 aromatic carbocycles. The highest BCUT2D eigenvalue weighted by Gasteiger charge is 2.29. The Morgan fingerprint density at radius 3 is 2.96 bits per heavy atom. The maximum atomic E-state index is 12.5. The number of carbonyl (C=O) groups is 1. The van der Waals surface area contributed by atoms with Gasteiger partial charge >= 0.3 is 0 Å². The van der Waals surface area contributed by atoms with Crippen LogP contribution in [0, 0.1) is 0 Å². The van der Waals surface area contributed by atoms with Crippen LogP contribution >= 0.6 is 0 Å². The fraction of sp³-hybridized carbons (Fsp3) is 0.500. The molecule has 0 radical (unpaired) electrons. The fourth-order valence-corrected chi connectivity index (χ4v) is 2.51. The van der Waals surface area contributed by atoms with Crippen LogP contribution in [0.4, 0.5) is 0 Å². The number of nitrogens with one attached hydrogen (secondary N) is 1. The van der Waals surface area contributed by atoms with Gasteiger partial charge in [-0.3, -0.25) is 4.79 Å². The molecule has 24 heavy (non-hydrogen) atoms. The van der Waals surface area contributed by atoms with Crippen LogP contribution in [-0.4, -0.2) is 50.1 Å². The van der Waals surface area contributed by atoms with Crippen LogP contribution in [0.25, 0.3) is 0 Å². The van der Waals surface area contributed by atoms with Gasteiger partial charge in [-0.05, 0) is 32.4 Å². The van der Waals surface area contributed by atoms with E-state index in [-0.39, 0.29) is 35.1 Å². The summed E-state index contributed by atoms with van der Waals surface area (Å²) < 4.78 is 16.4. The third kappa shape index (κ3) is 4.72. The zero-order chi connectivity index (χ0) is 17.5. The molecule has 2 atom stereocenters. The van der Waals surface area contributed by atoms with Crippen molar-refractivity contribution in [2.24, 2.45) is 0 Å². The normalized spacial score (nSPS) is 20.3. The lowest BCUT2D eigenvalue weighted by Gasteiger charge is -2.32. The van der Waals surface area contributed by atoms with Crippen molar-refractivity contribution in [3.63, 3.8) is 0 Å². The predicted molar refractivity (Wildman–Crippen MR) is 90.5 cm³/mol. The van der Waals surface area contributed by atoms with E-state index in [2.05, 4.69) is 5.32 Å². The third-order valence-electron chi connectivity index (χ3n) is 3.87. The van der Waals surface area contributed by atoms with Gasteiger partial charge in [0.25, 0.3) is 5.91 Å². The summed E-state index contributed by atoms with van der Waals surface area (Å²) in [6.07, 6.45) is 2.60. The number of hydrogen-bond acceptors (Lipinski definition) is 5. The molecule has 6 heteroatoms. The highest BCUT2D eigenvalue weighted by Crippen LogP contribution is 2.29. The summed E-state index contributed by atoms with van der Waals surface area (Å²) in [6, 6.07) is 4.55. The molecule has 1 saturated heterocycles. The van der Waals surface area contributed by atoms with Crippen LogP contribution in [0.3, 0.4) is 0 Å². The lowest BCUT2D eigenvalue weighted by atomic mass is 10.1. The third-order valence-corrected chi connectivity index (χ3v) is 3.87. The molecule has 2 rings (SSSR count). The number of phenolic OH excluding ortho intramolecular Hbond substituents is 1. The molecule has 0 spiro atoms. The first-order valence-corrected chi connectivity index (χ1v) is 8.02. The Balaban J connectivity index is 2.04. The first kappa shape index (κ1) is 18.3. The van der Waals surface area contributed by atoms with Crippen molar-refractivity contribution >= 4 is 5.91 Å². The van der Waals surface area contributed by atoms with Gasteiger partial charge in [0.15, 0.2) is 11.5 Å². The average Bonchev–Trinajstić information content (AvgIpc) is 2.56. The molecular weight excluding hydrogens is 310 g/mol. The molecular formula is C18H25NO5. The van der Waals surface area contributed by atoms with Crippen LogP contribution in [0.1, 0.15) is 30.6 Å². The summed E-state index contributed by atoms with van der Waals surface area (Å²) in [4.78, 5) is 12.5. The maximum Gasteiger partial charge on any atom is 0.255 e. The van der Waals surface area contributed by atoms with E-state index >= 15 is 0 Å². The van der Waals surface area contributed by atoms with Gasteiger partial charge < -0.3 is 24.6 Å². The molecule has 1 aliphatic rings. The van der Waals surface area contributed by atoms with Crippen molar-refractivity contribution < 1.29 is 24.1 Å². The molecule has 1 amide bonds. The van der Waals surface area contributed by atoms with Crippen molar-refractivity contribution in [1.82, 2.24) is 5.32 Å². The summed E-state index contributed by atoms with van der Waals surface area (Å²) in [5, 5.41) is 13.0. The molecule has 1 aliphatic heterocycles. The summed E-state index contributed by atoms with van der Waals surface area (Å²) in [7, 11) is 1.44.